The summed E-state index contributed by atoms with van der Waals surface area (Å²) in [5.74, 6) is -0.270. The zero-order valence-corrected chi connectivity index (χ0v) is 18.5. The van der Waals surface area contributed by atoms with E-state index >= 15 is 0 Å². The van der Waals surface area contributed by atoms with E-state index < -0.39 is 0 Å². The third-order valence-corrected chi connectivity index (χ3v) is 5.70. The molecule has 8 nitrogen and oxygen atoms in total. The van der Waals surface area contributed by atoms with Gasteiger partial charge in [-0.15, -0.1) is 0 Å². The summed E-state index contributed by atoms with van der Waals surface area (Å²) >= 11 is 0. The van der Waals surface area contributed by atoms with E-state index in [9.17, 15) is 9.59 Å². The number of piperidine rings is 2. The van der Waals surface area contributed by atoms with Crippen LogP contribution in [0.4, 0.5) is 0 Å². The lowest BCUT2D eigenvalue weighted by Gasteiger charge is -2.30. The second-order valence-corrected chi connectivity index (χ2v) is 8.54. The van der Waals surface area contributed by atoms with Crippen LogP contribution in [0.5, 0.6) is 0 Å². The molecule has 8 heteroatoms. The van der Waals surface area contributed by atoms with Gasteiger partial charge in [-0.05, 0) is 34.1 Å². The molecule has 0 atom stereocenters. The van der Waals surface area contributed by atoms with Gasteiger partial charge in [-0.1, -0.05) is 0 Å². The zero-order chi connectivity index (χ0) is 21.2. The maximum absolute atomic E-state index is 11.9. The summed E-state index contributed by atoms with van der Waals surface area (Å²) in [6.07, 6.45) is 4.68. The highest BCUT2D eigenvalue weighted by atomic mass is 16.2. The molecule has 0 unspecified atom stereocenters. The molecule has 0 aromatic carbocycles. The highest BCUT2D eigenvalue weighted by molar-refractivity contribution is 5.88. The maximum atomic E-state index is 11.9. The van der Waals surface area contributed by atoms with E-state index in [2.05, 4.69) is 58.5 Å². The van der Waals surface area contributed by atoms with Crippen molar-refractivity contribution in [1.29, 1.82) is 0 Å². The number of carbonyl (C=O) groups is 2. The molecule has 2 N–H and O–H groups in total. The Morgan fingerprint density at radius 1 is 0.759 bits per heavy atom. The SMILES string of the molecule is CC(C)N1CCC(=NNC(=O)CCCC(=O)NN=C2CCN(C(C)C)CC2)CC1. The number of hydrogen-bond donors (Lipinski definition) is 2. The monoisotopic (exact) mass is 406 g/mol. The quantitative estimate of drug-likeness (QED) is 0.604. The van der Waals surface area contributed by atoms with Crippen molar-refractivity contribution in [3.8, 4) is 0 Å². The molecule has 2 aliphatic rings. The van der Waals surface area contributed by atoms with Gasteiger partial charge in [-0.3, -0.25) is 9.59 Å². The van der Waals surface area contributed by atoms with Gasteiger partial charge in [0.1, 0.15) is 0 Å². The molecule has 0 aromatic heterocycles. The molecule has 164 valence electrons. The van der Waals surface area contributed by atoms with Gasteiger partial charge in [0, 0.05) is 88.2 Å². The average Bonchev–Trinajstić information content (AvgIpc) is 2.71. The first-order chi connectivity index (χ1) is 13.8. The van der Waals surface area contributed by atoms with Crippen LogP contribution in [0.15, 0.2) is 10.2 Å². The second-order valence-electron chi connectivity index (χ2n) is 8.54. The summed E-state index contributed by atoms with van der Waals surface area (Å²) in [5.41, 5.74) is 7.36. The molecule has 0 bridgehead atoms. The van der Waals surface area contributed by atoms with Gasteiger partial charge in [0.25, 0.3) is 0 Å². The Morgan fingerprint density at radius 3 is 1.41 bits per heavy atom. The molecule has 2 aliphatic heterocycles. The van der Waals surface area contributed by atoms with E-state index in [1.54, 1.807) is 0 Å². The first-order valence-corrected chi connectivity index (χ1v) is 11.0. The molecule has 2 saturated heterocycles. The zero-order valence-electron chi connectivity index (χ0n) is 18.5. The normalized spacial score (nSPS) is 18.8. The van der Waals surface area contributed by atoms with Crippen molar-refractivity contribution in [3.63, 3.8) is 0 Å². The number of rotatable bonds is 8. The van der Waals surface area contributed by atoms with Crippen LogP contribution in [0.1, 0.15) is 72.6 Å². The lowest BCUT2D eigenvalue weighted by Crippen LogP contribution is -2.39. The maximum Gasteiger partial charge on any atom is 0.240 e. The smallest absolute Gasteiger partial charge is 0.240 e. The van der Waals surface area contributed by atoms with Crippen molar-refractivity contribution in [1.82, 2.24) is 20.7 Å². The molecule has 2 rings (SSSR count). The topological polar surface area (TPSA) is 89.4 Å². The Bertz CT molecular complexity index is 542. The third kappa shape index (κ3) is 8.62. The van der Waals surface area contributed by atoms with Crippen molar-refractivity contribution in [2.45, 2.75) is 84.7 Å². The van der Waals surface area contributed by atoms with Crippen LogP contribution in [-0.4, -0.2) is 71.3 Å². The second kappa shape index (κ2) is 12.0. The van der Waals surface area contributed by atoms with Gasteiger partial charge in [0.15, 0.2) is 0 Å². The van der Waals surface area contributed by atoms with Crippen LogP contribution in [0.25, 0.3) is 0 Å². The van der Waals surface area contributed by atoms with Gasteiger partial charge < -0.3 is 9.80 Å². The summed E-state index contributed by atoms with van der Waals surface area (Å²) in [6.45, 7) is 12.7. The van der Waals surface area contributed by atoms with Crippen LogP contribution in [-0.2, 0) is 9.59 Å². The number of carbonyl (C=O) groups excluding carboxylic acids is 2. The van der Waals surface area contributed by atoms with E-state index in [0.29, 0.717) is 31.3 Å². The minimum Gasteiger partial charge on any atom is -0.300 e. The Morgan fingerprint density at radius 2 is 1.10 bits per heavy atom. The van der Waals surface area contributed by atoms with Crippen molar-refractivity contribution in [2.75, 3.05) is 26.2 Å². The van der Waals surface area contributed by atoms with Crippen LogP contribution in [0, 0.1) is 0 Å². The van der Waals surface area contributed by atoms with Crippen LogP contribution in [0.2, 0.25) is 0 Å². The van der Waals surface area contributed by atoms with Gasteiger partial charge in [-0.25, -0.2) is 10.9 Å². The largest absolute Gasteiger partial charge is 0.300 e. The van der Waals surface area contributed by atoms with E-state index in [4.69, 9.17) is 0 Å². The van der Waals surface area contributed by atoms with E-state index in [-0.39, 0.29) is 11.8 Å². The molecule has 0 saturated carbocycles. The summed E-state index contributed by atoms with van der Waals surface area (Å²) in [6, 6.07) is 1.10. The Hall–Kier alpha value is -1.80. The average molecular weight is 407 g/mol. The van der Waals surface area contributed by atoms with Gasteiger partial charge in [0.05, 0.1) is 0 Å². The van der Waals surface area contributed by atoms with Gasteiger partial charge >= 0.3 is 0 Å². The predicted octanol–water partition coefficient (Wildman–Crippen LogP) is 2.11. The highest BCUT2D eigenvalue weighted by Crippen LogP contribution is 2.11. The van der Waals surface area contributed by atoms with Crippen molar-refractivity contribution >= 4 is 23.2 Å². The van der Waals surface area contributed by atoms with E-state index in [0.717, 1.165) is 63.3 Å². The number of hydrazone groups is 2. The summed E-state index contributed by atoms with van der Waals surface area (Å²) in [4.78, 5) is 28.7. The van der Waals surface area contributed by atoms with Gasteiger partial charge in [-0.2, -0.15) is 10.2 Å². The lowest BCUT2D eigenvalue weighted by atomic mass is 10.1. The molecular weight excluding hydrogens is 368 g/mol. The highest BCUT2D eigenvalue weighted by Gasteiger charge is 2.18. The van der Waals surface area contributed by atoms with Crippen LogP contribution >= 0.6 is 0 Å². The summed E-state index contributed by atoms with van der Waals surface area (Å²) in [5, 5.41) is 8.51. The van der Waals surface area contributed by atoms with Crippen LogP contribution < -0.4 is 10.9 Å². The number of hydrogen-bond acceptors (Lipinski definition) is 6. The van der Waals surface area contributed by atoms with Crippen molar-refractivity contribution < 1.29 is 9.59 Å². The third-order valence-electron chi connectivity index (χ3n) is 5.70. The molecule has 2 amide bonds. The van der Waals surface area contributed by atoms with E-state index in [1.165, 1.54) is 0 Å². The number of likely N-dealkylation sites (tertiary alicyclic amines) is 2. The van der Waals surface area contributed by atoms with Crippen molar-refractivity contribution in [3.05, 3.63) is 0 Å². The summed E-state index contributed by atoms with van der Waals surface area (Å²) in [7, 11) is 0. The summed E-state index contributed by atoms with van der Waals surface area (Å²) < 4.78 is 0. The van der Waals surface area contributed by atoms with Gasteiger partial charge in [0.2, 0.25) is 11.8 Å². The molecular formula is C21H38N6O2. The molecule has 0 aliphatic carbocycles. The minimum absolute atomic E-state index is 0.135. The molecule has 29 heavy (non-hydrogen) atoms. The fraction of sp³-hybridized carbons (Fsp3) is 0.810. The number of nitrogens with one attached hydrogen (secondary N) is 2. The standard InChI is InChI=1S/C21H38N6O2/c1-16(2)26-12-8-18(9-13-26)22-24-20(28)6-5-7-21(29)25-23-19-10-14-27(15-11-19)17(3)4/h16-17H,5-15H2,1-4H3,(H,24,28)(H,25,29). The minimum atomic E-state index is -0.135. The number of amides is 2. The number of nitrogens with zero attached hydrogens (tertiary/aromatic N) is 4. The molecule has 0 spiro atoms. The first kappa shape index (κ1) is 23.5. The lowest BCUT2D eigenvalue weighted by molar-refractivity contribution is -0.122. The first-order valence-electron chi connectivity index (χ1n) is 11.0. The molecule has 2 heterocycles. The van der Waals surface area contributed by atoms with E-state index in [1.807, 2.05) is 0 Å². The fourth-order valence-electron chi connectivity index (χ4n) is 3.62. The molecule has 0 aromatic rings. The van der Waals surface area contributed by atoms with Crippen molar-refractivity contribution in [2.24, 2.45) is 10.2 Å². The molecule has 0 radical (unpaired) electrons. The Kier molecular flexibility index (Phi) is 9.73. The van der Waals surface area contributed by atoms with Crippen LogP contribution in [0.3, 0.4) is 0 Å². The predicted molar refractivity (Wildman–Crippen MR) is 117 cm³/mol. The Labute approximate surface area is 175 Å². The fourth-order valence-corrected chi connectivity index (χ4v) is 3.62. The Balaban J connectivity index is 1.57. The molecule has 2 fully saturated rings.